The summed E-state index contributed by atoms with van der Waals surface area (Å²) in [5.74, 6) is -0.727. The van der Waals surface area contributed by atoms with Crippen molar-refractivity contribution in [3.63, 3.8) is 0 Å². The number of esters is 1. The Kier molecular flexibility index (Phi) is 5.00. The SMILES string of the molecule is COC(=O)C[C@@H](C)C(=O)N1CCc2sccc2C1c1ccccc1. The van der Waals surface area contributed by atoms with Crippen LogP contribution in [0.5, 0.6) is 0 Å². The minimum absolute atomic E-state index is 0.00565. The van der Waals surface area contributed by atoms with Gasteiger partial charge in [-0.2, -0.15) is 0 Å². The van der Waals surface area contributed by atoms with Gasteiger partial charge in [-0.15, -0.1) is 11.3 Å². The van der Waals surface area contributed by atoms with Crippen LogP contribution < -0.4 is 0 Å². The van der Waals surface area contributed by atoms with Gasteiger partial charge in [0.25, 0.3) is 0 Å². The molecule has 0 spiro atoms. The van der Waals surface area contributed by atoms with Crippen LogP contribution in [0.3, 0.4) is 0 Å². The third-order valence-electron chi connectivity index (χ3n) is 4.49. The van der Waals surface area contributed by atoms with E-state index in [1.165, 1.54) is 17.6 Å². The highest BCUT2D eigenvalue weighted by Crippen LogP contribution is 2.38. The normalized spacial score (nSPS) is 17.9. The first-order chi connectivity index (χ1) is 11.6. The summed E-state index contributed by atoms with van der Waals surface area (Å²) in [5.41, 5.74) is 2.31. The summed E-state index contributed by atoms with van der Waals surface area (Å²) >= 11 is 1.75. The molecule has 0 bridgehead atoms. The molecule has 0 aliphatic carbocycles. The number of carbonyl (C=O) groups is 2. The van der Waals surface area contributed by atoms with Gasteiger partial charge in [-0.3, -0.25) is 9.59 Å². The molecule has 2 heterocycles. The molecule has 24 heavy (non-hydrogen) atoms. The standard InChI is InChI=1S/C19H21NO3S/c1-13(12-17(21)23-2)19(22)20-10-8-16-15(9-11-24-16)18(20)14-6-4-3-5-7-14/h3-7,9,11,13,18H,8,10,12H2,1-2H3/t13-,18?/m1/s1. The number of benzene rings is 1. The van der Waals surface area contributed by atoms with Crippen molar-refractivity contribution in [2.45, 2.75) is 25.8 Å². The molecule has 0 saturated carbocycles. The molecular formula is C19H21NO3S. The van der Waals surface area contributed by atoms with Gasteiger partial charge in [-0.25, -0.2) is 0 Å². The number of methoxy groups -OCH3 is 1. The van der Waals surface area contributed by atoms with Gasteiger partial charge in [0.2, 0.25) is 5.91 Å². The first-order valence-electron chi connectivity index (χ1n) is 8.10. The predicted molar refractivity (Wildman–Crippen MR) is 93.8 cm³/mol. The number of fused-ring (bicyclic) bond motifs is 1. The largest absolute Gasteiger partial charge is 0.469 e. The molecule has 1 aromatic carbocycles. The zero-order chi connectivity index (χ0) is 17.1. The Bertz CT molecular complexity index is 725. The second-order valence-electron chi connectivity index (χ2n) is 6.08. The zero-order valence-corrected chi connectivity index (χ0v) is 14.7. The molecule has 126 valence electrons. The summed E-state index contributed by atoms with van der Waals surface area (Å²) in [5, 5.41) is 2.09. The number of hydrogen-bond donors (Lipinski definition) is 0. The Labute approximate surface area is 146 Å². The van der Waals surface area contributed by atoms with Gasteiger partial charge in [0.1, 0.15) is 0 Å². The molecule has 2 aromatic rings. The van der Waals surface area contributed by atoms with Crippen LogP contribution in [0.4, 0.5) is 0 Å². The smallest absolute Gasteiger partial charge is 0.306 e. The first kappa shape index (κ1) is 16.7. The van der Waals surface area contributed by atoms with E-state index in [0.717, 1.165) is 12.0 Å². The van der Waals surface area contributed by atoms with Gasteiger partial charge in [0, 0.05) is 17.3 Å². The van der Waals surface area contributed by atoms with Gasteiger partial charge < -0.3 is 9.64 Å². The lowest BCUT2D eigenvalue weighted by Crippen LogP contribution is -2.43. The van der Waals surface area contributed by atoms with E-state index in [9.17, 15) is 9.59 Å². The summed E-state index contributed by atoms with van der Waals surface area (Å²) in [6, 6.07) is 12.1. The molecule has 1 aliphatic heterocycles. The van der Waals surface area contributed by atoms with E-state index in [-0.39, 0.29) is 30.3 Å². The fourth-order valence-electron chi connectivity index (χ4n) is 3.25. The topological polar surface area (TPSA) is 46.6 Å². The van der Waals surface area contributed by atoms with Crippen molar-refractivity contribution < 1.29 is 14.3 Å². The molecule has 5 heteroatoms. The van der Waals surface area contributed by atoms with E-state index in [0.29, 0.717) is 6.54 Å². The number of rotatable bonds is 4. The van der Waals surface area contributed by atoms with E-state index < -0.39 is 0 Å². The maximum atomic E-state index is 13.0. The predicted octanol–water partition coefficient (Wildman–Crippen LogP) is 3.42. The number of carbonyl (C=O) groups excluding carboxylic acids is 2. The van der Waals surface area contributed by atoms with Crippen molar-refractivity contribution in [1.29, 1.82) is 0 Å². The maximum Gasteiger partial charge on any atom is 0.306 e. The Morgan fingerprint density at radius 1 is 1.29 bits per heavy atom. The van der Waals surface area contributed by atoms with Crippen LogP contribution in [-0.4, -0.2) is 30.4 Å². The van der Waals surface area contributed by atoms with Crippen LogP contribution >= 0.6 is 11.3 Å². The van der Waals surface area contributed by atoms with E-state index >= 15 is 0 Å². The number of amides is 1. The van der Waals surface area contributed by atoms with E-state index in [1.807, 2.05) is 23.1 Å². The van der Waals surface area contributed by atoms with Crippen LogP contribution in [0.1, 0.15) is 35.4 Å². The molecule has 1 aromatic heterocycles. The molecule has 0 fully saturated rings. The number of hydrogen-bond acceptors (Lipinski definition) is 4. The zero-order valence-electron chi connectivity index (χ0n) is 13.9. The van der Waals surface area contributed by atoms with Gasteiger partial charge in [0.15, 0.2) is 0 Å². The summed E-state index contributed by atoms with van der Waals surface area (Å²) < 4.78 is 4.71. The molecule has 3 rings (SSSR count). The van der Waals surface area contributed by atoms with E-state index in [2.05, 4.69) is 23.6 Å². The molecular weight excluding hydrogens is 322 g/mol. The maximum absolute atomic E-state index is 13.0. The average Bonchev–Trinajstić information content (AvgIpc) is 3.09. The molecule has 1 aliphatic rings. The van der Waals surface area contributed by atoms with Crippen molar-refractivity contribution in [1.82, 2.24) is 4.90 Å². The Morgan fingerprint density at radius 3 is 2.75 bits per heavy atom. The monoisotopic (exact) mass is 343 g/mol. The third kappa shape index (κ3) is 3.22. The highest BCUT2D eigenvalue weighted by Gasteiger charge is 2.35. The number of nitrogens with zero attached hydrogens (tertiary/aromatic N) is 1. The Balaban J connectivity index is 1.91. The molecule has 0 saturated heterocycles. The number of thiophene rings is 1. The Hall–Kier alpha value is -2.14. The first-order valence-corrected chi connectivity index (χ1v) is 8.98. The fraction of sp³-hybridized carbons (Fsp3) is 0.368. The van der Waals surface area contributed by atoms with Gasteiger partial charge >= 0.3 is 5.97 Å². The number of ether oxygens (including phenoxy) is 1. The minimum atomic E-state index is -0.385. The molecule has 4 nitrogen and oxygen atoms in total. The minimum Gasteiger partial charge on any atom is -0.469 e. The van der Waals surface area contributed by atoms with Gasteiger partial charge in [-0.05, 0) is 29.0 Å². The summed E-state index contributed by atoms with van der Waals surface area (Å²) in [7, 11) is 1.35. The summed E-state index contributed by atoms with van der Waals surface area (Å²) in [4.78, 5) is 27.8. The quantitative estimate of drug-likeness (QED) is 0.799. The highest BCUT2D eigenvalue weighted by atomic mass is 32.1. The van der Waals surface area contributed by atoms with E-state index in [4.69, 9.17) is 4.74 Å². The third-order valence-corrected chi connectivity index (χ3v) is 5.48. The van der Waals surface area contributed by atoms with Crippen LogP contribution in [0, 0.1) is 5.92 Å². The van der Waals surface area contributed by atoms with Crippen LogP contribution in [-0.2, 0) is 20.7 Å². The van der Waals surface area contributed by atoms with Crippen molar-refractivity contribution in [2.24, 2.45) is 5.92 Å². The molecule has 1 unspecified atom stereocenters. The summed E-state index contributed by atoms with van der Waals surface area (Å²) in [6.07, 6.45) is 0.983. The second kappa shape index (κ2) is 7.18. The van der Waals surface area contributed by atoms with Crippen molar-refractivity contribution in [3.05, 3.63) is 57.8 Å². The van der Waals surface area contributed by atoms with Crippen molar-refractivity contribution in [2.75, 3.05) is 13.7 Å². The van der Waals surface area contributed by atoms with Crippen LogP contribution in [0.2, 0.25) is 0 Å². The molecule has 0 radical (unpaired) electrons. The molecule has 2 atom stereocenters. The van der Waals surface area contributed by atoms with Crippen LogP contribution in [0.15, 0.2) is 41.8 Å². The molecule has 0 N–H and O–H groups in total. The van der Waals surface area contributed by atoms with Crippen molar-refractivity contribution >= 4 is 23.2 Å². The fourth-order valence-corrected chi connectivity index (χ4v) is 4.16. The summed E-state index contributed by atoms with van der Waals surface area (Å²) in [6.45, 7) is 2.47. The van der Waals surface area contributed by atoms with Gasteiger partial charge in [-0.1, -0.05) is 37.3 Å². The highest BCUT2D eigenvalue weighted by molar-refractivity contribution is 7.10. The van der Waals surface area contributed by atoms with Crippen molar-refractivity contribution in [3.8, 4) is 0 Å². The lowest BCUT2D eigenvalue weighted by Gasteiger charge is -2.37. The van der Waals surface area contributed by atoms with Crippen LogP contribution in [0.25, 0.3) is 0 Å². The Morgan fingerprint density at radius 2 is 2.04 bits per heavy atom. The lowest BCUT2D eigenvalue weighted by atomic mass is 9.91. The lowest BCUT2D eigenvalue weighted by molar-refractivity contribution is -0.147. The van der Waals surface area contributed by atoms with Gasteiger partial charge in [0.05, 0.1) is 19.6 Å². The van der Waals surface area contributed by atoms with E-state index in [1.54, 1.807) is 18.3 Å². The molecule has 1 amide bonds. The average molecular weight is 343 g/mol. The second-order valence-corrected chi connectivity index (χ2v) is 7.08.